The van der Waals surface area contributed by atoms with E-state index in [1.807, 2.05) is 25.1 Å². The summed E-state index contributed by atoms with van der Waals surface area (Å²) in [6.07, 6.45) is 0. The first-order chi connectivity index (χ1) is 8.61. The van der Waals surface area contributed by atoms with Gasteiger partial charge < -0.3 is 4.74 Å². The summed E-state index contributed by atoms with van der Waals surface area (Å²) in [5, 5.41) is 0.748. The number of hydrogen-bond acceptors (Lipinski definition) is 2. The van der Waals surface area contributed by atoms with Crippen LogP contribution in [-0.4, -0.2) is 6.61 Å². The zero-order valence-corrected chi connectivity index (χ0v) is 12.4. The lowest BCUT2D eigenvalue weighted by atomic mass is 10.1. The Morgan fingerprint density at radius 1 is 1.22 bits per heavy atom. The van der Waals surface area contributed by atoms with Crippen molar-refractivity contribution in [2.24, 2.45) is 0 Å². The summed E-state index contributed by atoms with van der Waals surface area (Å²) < 4.78 is 5.44. The summed E-state index contributed by atoms with van der Waals surface area (Å²) >= 11 is 8.12. The van der Waals surface area contributed by atoms with Crippen LogP contribution in [0, 0.1) is 0 Å². The van der Waals surface area contributed by atoms with Crippen LogP contribution in [0.1, 0.15) is 31.6 Å². The molecule has 0 aliphatic rings. The standard InChI is InChI=1S/C15H17ClOS/c1-4-17-11-5-6-12(13(16)9-11)15-8-7-14(18-15)10(2)3/h5-10H,4H2,1-3H3. The fourth-order valence-electron chi connectivity index (χ4n) is 1.76. The Morgan fingerprint density at radius 3 is 2.56 bits per heavy atom. The zero-order chi connectivity index (χ0) is 13.1. The van der Waals surface area contributed by atoms with Crippen LogP contribution in [0.2, 0.25) is 5.02 Å². The van der Waals surface area contributed by atoms with Crippen LogP contribution in [-0.2, 0) is 0 Å². The van der Waals surface area contributed by atoms with E-state index in [4.69, 9.17) is 16.3 Å². The molecule has 3 heteroatoms. The van der Waals surface area contributed by atoms with Gasteiger partial charge in [0.15, 0.2) is 0 Å². The van der Waals surface area contributed by atoms with Crippen molar-refractivity contribution in [3.8, 4) is 16.2 Å². The lowest BCUT2D eigenvalue weighted by molar-refractivity contribution is 0.340. The first kappa shape index (κ1) is 13.4. The average molecular weight is 281 g/mol. The Kier molecular flexibility index (Phi) is 4.31. The summed E-state index contributed by atoms with van der Waals surface area (Å²) in [4.78, 5) is 2.60. The minimum atomic E-state index is 0.560. The van der Waals surface area contributed by atoms with Gasteiger partial charge in [-0.15, -0.1) is 11.3 Å². The molecule has 1 aromatic heterocycles. The molecule has 0 aliphatic carbocycles. The van der Waals surface area contributed by atoms with Gasteiger partial charge in [-0.25, -0.2) is 0 Å². The predicted molar refractivity (Wildman–Crippen MR) is 80.0 cm³/mol. The molecule has 0 unspecified atom stereocenters. The van der Waals surface area contributed by atoms with Gasteiger partial charge in [0.1, 0.15) is 5.75 Å². The minimum Gasteiger partial charge on any atom is -0.494 e. The third-order valence-electron chi connectivity index (χ3n) is 2.71. The van der Waals surface area contributed by atoms with Gasteiger partial charge in [-0.1, -0.05) is 25.4 Å². The third kappa shape index (κ3) is 2.88. The molecule has 2 aromatic rings. The van der Waals surface area contributed by atoms with E-state index in [9.17, 15) is 0 Å². The molecule has 0 amide bonds. The molecule has 0 atom stereocenters. The fourth-order valence-corrected chi connectivity index (χ4v) is 3.14. The van der Waals surface area contributed by atoms with Crippen molar-refractivity contribution < 1.29 is 4.74 Å². The molecular weight excluding hydrogens is 264 g/mol. The lowest BCUT2D eigenvalue weighted by Crippen LogP contribution is -1.91. The Morgan fingerprint density at radius 2 is 2.00 bits per heavy atom. The number of benzene rings is 1. The van der Waals surface area contributed by atoms with E-state index < -0.39 is 0 Å². The van der Waals surface area contributed by atoms with Crippen LogP contribution >= 0.6 is 22.9 Å². The highest BCUT2D eigenvalue weighted by Gasteiger charge is 2.09. The molecule has 2 rings (SSSR count). The van der Waals surface area contributed by atoms with Crippen molar-refractivity contribution in [1.82, 2.24) is 0 Å². The largest absolute Gasteiger partial charge is 0.494 e. The number of hydrogen-bond donors (Lipinski definition) is 0. The Hall–Kier alpha value is -0.990. The van der Waals surface area contributed by atoms with Crippen LogP contribution in [0.15, 0.2) is 30.3 Å². The predicted octanol–water partition coefficient (Wildman–Crippen LogP) is 5.59. The first-order valence-corrected chi connectivity index (χ1v) is 7.33. The molecule has 0 saturated heterocycles. The van der Waals surface area contributed by atoms with Crippen LogP contribution < -0.4 is 4.74 Å². The van der Waals surface area contributed by atoms with Crippen LogP contribution in [0.3, 0.4) is 0 Å². The van der Waals surface area contributed by atoms with Crippen molar-refractivity contribution in [3.63, 3.8) is 0 Å². The monoisotopic (exact) mass is 280 g/mol. The van der Waals surface area contributed by atoms with Gasteiger partial charge in [0, 0.05) is 15.3 Å². The number of halogens is 1. The van der Waals surface area contributed by atoms with Crippen LogP contribution in [0.5, 0.6) is 5.75 Å². The maximum atomic E-state index is 6.32. The molecule has 18 heavy (non-hydrogen) atoms. The van der Waals surface area contributed by atoms with Crippen molar-refractivity contribution in [3.05, 3.63) is 40.2 Å². The molecule has 1 heterocycles. The molecule has 0 radical (unpaired) electrons. The summed E-state index contributed by atoms with van der Waals surface area (Å²) in [6, 6.07) is 10.2. The highest BCUT2D eigenvalue weighted by Crippen LogP contribution is 2.37. The first-order valence-electron chi connectivity index (χ1n) is 6.14. The molecule has 0 bridgehead atoms. The SMILES string of the molecule is CCOc1ccc(-c2ccc(C(C)C)s2)c(Cl)c1. The van der Waals surface area contributed by atoms with Gasteiger partial charge >= 0.3 is 0 Å². The summed E-state index contributed by atoms with van der Waals surface area (Å²) in [7, 11) is 0. The van der Waals surface area contributed by atoms with E-state index >= 15 is 0 Å². The number of ether oxygens (including phenoxy) is 1. The maximum Gasteiger partial charge on any atom is 0.120 e. The molecule has 1 aromatic carbocycles. The number of thiophene rings is 1. The smallest absolute Gasteiger partial charge is 0.120 e. The van der Waals surface area contributed by atoms with Gasteiger partial charge in [-0.05, 0) is 43.2 Å². The fraction of sp³-hybridized carbons (Fsp3) is 0.333. The van der Waals surface area contributed by atoms with Gasteiger partial charge in [-0.2, -0.15) is 0 Å². The van der Waals surface area contributed by atoms with E-state index in [0.29, 0.717) is 12.5 Å². The van der Waals surface area contributed by atoms with E-state index in [0.717, 1.165) is 16.3 Å². The summed E-state index contributed by atoms with van der Waals surface area (Å²) in [6.45, 7) is 7.03. The zero-order valence-electron chi connectivity index (χ0n) is 10.9. The molecule has 0 fully saturated rings. The lowest BCUT2D eigenvalue weighted by Gasteiger charge is -2.06. The Labute approximate surface area is 117 Å². The van der Waals surface area contributed by atoms with Gasteiger partial charge in [0.25, 0.3) is 0 Å². The second-order valence-corrected chi connectivity index (χ2v) is 5.95. The van der Waals surface area contributed by atoms with Gasteiger partial charge in [0.05, 0.1) is 11.6 Å². The van der Waals surface area contributed by atoms with Crippen molar-refractivity contribution in [2.75, 3.05) is 6.61 Å². The van der Waals surface area contributed by atoms with E-state index in [-0.39, 0.29) is 0 Å². The number of rotatable bonds is 4. The highest BCUT2D eigenvalue weighted by molar-refractivity contribution is 7.15. The summed E-state index contributed by atoms with van der Waals surface area (Å²) in [5.74, 6) is 1.39. The molecule has 0 aliphatic heterocycles. The van der Waals surface area contributed by atoms with E-state index in [1.54, 1.807) is 11.3 Å². The highest BCUT2D eigenvalue weighted by atomic mass is 35.5. The second-order valence-electron chi connectivity index (χ2n) is 4.43. The normalized spacial score (nSPS) is 10.9. The molecule has 0 spiro atoms. The molecule has 0 N–H and O–H groups in total. The second kappa shape index (κ2) is 5.77. The molecular formula is C15H17ClOS. The van der Waals surface area contributed by atoms with E-state index in [2.05, 4.69) is 26.0 Å². The molecule has 1 nitrogen and oxygen atoms in total. The summed E-state index contributed by atoms with van der Waals surface area (Å²) in [5.41, 5.74) is 1.08. The average Bonchev–Trinajstić information content (AvgIpc) is 2.79. The van der Waals surface area contributed by atoms with E-state index in [1.165, 1.54) is 9.75 Å². The topological polar surface area (TPSA) is 9.23 Å². The Bertz CT molecular complexity index is 531. The minimum absolute atomic E-state index is 0.560. The van der Waals surface area contributed by atoms with Gasteiger partial charge in [-0.3, -0.25) is 0 Å². The Balaban J connectivity index is 2.32. The van der Waals surface area contributed by atoms with Crippen molar-refractivity contribution in [2.45, 2.75) is 26.7 Å². The molecule has 0 saturated carbocycles. The van der Waals surface area contributed by atoms with Gasteiger partial charge in [0.2, 0.25) is 0 Å². The maximum absolute atomic E-state index is 6.32. The third-order valence-corrected chi connectivity index (χ3v) is 4.44. The van der Waals surface area contributed by atoms with Crippen molar-refractivity contribution in [1.29, 1.82) is 0 Å². The van der Waals surface area contributed by atoms with Crippen LogP contribution in [0.25, 0.3) is 10.4 Å². The van der Waals surface area contributed by atoms with Crippen molar-refractivity contribution >= 4 is 22.9 Å². The quantitative estimate of drug-likeness (QED) is 0.709. The molecule has 96 valence electrons. The van der Waals surface area contributed by atoms with Crippen LogP contribution in [0.4, 0.5) is 0 Å².